The standard InChI is InChI=1S/C19H19FN2O4S/c1-12-9-14(20)3-5-16(12)21-18(23)7-8-27(25,26)15-4-6-17-13(10-15)11-19(24)22(17)2/h3-6,9-10H,7-8,11H2,1-2H3,(H,21,23). The molecule has 0 aromatic heterocycles. The molecule has 2 aromatic carbocycles. The largest absolute Gasteiger partial charge is 0.326 e. The topological polar surface area (TPSA) is 83.5 Å². The van der Waals surface area contributed by atoms with Crippen LogP contribution in [-0.4, -0.2) is 33.0 Å². The van der Waals surface area contributed by atoms with Crippen molar-refractivity contribution in [3.05, 3.63) is 53.3 Å². The summed E-state index contributed by atoms with van der Waals surface area (Å²) in [5, 5.41) is 2.59. The van der Waals surface area contributed by atoms with Gasteiger partial charge in [-0.15, -0.1) is 0 Å². The molecule has 2 amide bonds. The molecule has 1 aliphatic rings. The smallest absolute Gasteiger partial charge is 0.231 e. The number of hydrogen-bond acceptors (Lipinski definition) is 4. The number of aryl methyl sites for hydroxylation is 1. The maximum atomic E-state index is 13.1. The summed E-state index contributed by atoms with van der Waals surface area (Å²) in [6.07, 6.45) is -0.0609. The van der Waals surface area contributed by atoms with Crippen LogP contribution in [0, 0.1) is 12.7 Å². The molecule has 142 valence electrons. The van der Waals surface area contributed by atoms with Crippen LogP contribution in [0.25, 0.3) is 0 Å². The van der Waals surface area contributed by atoms with Crippen molar-refractivity contribution in [3.63, 3.8) is 0 Å². The molecule has 6 nitrogen and oxygen atoms in total. The first kappa shape index (κ1) is 19.0. The third-order valence-electron chi connectivity index (χ3n) is 4.55. The van der Waals surface area contributed by atoms with Crippen LogP contribution < -0.4 is 10.2 Å². The van der Waals surface area contributed by atoms with E-state index in [1.165, 1.54) is 35.2 Å². The summed E-state index contributed by atoms with van der Waals surface area (Å²) in [6, 6.07) is 8.50. The van der Waals surface area contributed by atoms with E-state index < -0.39 is 21.6 Å². The Morgan fingerprint density at radius 2 is 1.96 bits per heavy atom. The van der Waals surface area contributed by atoms with Crippen LogP contribution in [0.5, 0.6) is 0 Å². The highest BCUT2D eigenvalue weighted by atomic mass is 32.2. The predicted octanol–water partition coefficient (Wildman–Crippen LogP) is 2.46. The van der Waals surface area contributed by atoms with E-state index in [0.717, 1.165) is 0 Å². The third kappa shape index (κ3) is 4.00. The molecule has 0 bridgehead atoms. The summed E-state index contributed by atoms with van der Waals surface area (Å²) < 4.78 is 38.2. The number of fused-ring (bicyclic) bond motifs is 1. The van der Waals surface area contributed by atoms with Crippen LogP contribution >= 0.6 is 0 Å². The number of likely N-dealkylation sites (N-methyl/N-ethyl adjacent to an activating group) is 1. The monoisotopic (exact) mass is 390 g/mol. The van der Waals surface area contributed by atoms with E-state index in [0.29, 0.717) is 22.5 Å². The first-order valence-electron chi connectivity index (χ1n) is 8.35. The van der Waals surface area contributed by atoms with Crippen LogP contribution in [0.4, 0.5) is 15.8 Å². The lowest BCUT2D eigenvalue weighted by Crippen LogP contribution is -2.20. The lowest BCUT2D eigenvalue weighted by molar-refractivity contribution is -0.117. The van der Waals surface area contributed by atoms with Crippen molar-refractivity contribution in [2.24, 2.45) is 0 Å². The molecule has 8 heteroatoms. The van der Waals surface area contributed by atoms with Crippen molar-refractivity contribution >= 4 is 33.0 Å². The van der Waals surface area contributed by atoms with Gasteiger partial charge in [0.05, 0.1) is 17.1 Å². The van der Waals surface area contributed by atoms with Gasteiger partial charge < -0.3 is 10.2 Å². The van der Waals surface area contributed by atoms with Gasteiger partial charge in [-0.1, -0.05) is 0 Å². The zero-order valence-corrected chi connectivity index (χ0v) is 15.8. The minimum Gasteiger partial charge on any atom is -0.326 e. The molecule has 0 unspecified atom stereocenters. The highest BCUT2D eigenvalue weighted by molar-refractivity contribution is 7.91. The normalized spacial score (nSPS) is 13.6. The Morgan fingerprint density at radius 1 is 1.22 bits per heavy atom. The average molecular weight is 390 g/mol. The van der Waals surface area contributed by atoms with Crippen LogP contribution in [0.2, 0.25) is 0 Å². The first-order valence-corrected chi connectivity index (χ1v) is 10.0. The van der Waals surface area contributed by atoms with Crippen molar-refractivity contribution in [1.29, 1.82) is 0 Å². The number of anilines is 2. The first-order chi connectivity index (χ1) is 12.7. The summed E-state index contributed by atoms with van der Waals surface area (Å²) in [5.74, 6) is -1.33. The molecule has 0 aliphatic carbocycles. The Labute approximate surface area is 156 Å². The maximum Gasteiger partial charge on any atom is 0.231 e. The van der Waals surface area contributed by atoms with Crippen molar-refractivity contribution in [2.75, 3.05) is 23.0 Å². The maximum absolute atomic E-state index is 13.1. The van der Waals surface area contributed by atoms with E-state index in [9.17, 15) is 22.4 Å². The number of benzene rings is 2. The van der Waals surface area contributed by atoms with E-state index in [1.54, 1.807) is 20.0 Å². The van der Waals surface area contributed by atoms with E-state index in [1.807, 2.05) is 0 Å². The van der Waals surface area contributed by atoms with Gasteiger partial charge in [0.15, 0.2) is 9.84 Å². The Kier molecular flexibility index (Phi) is 5.01. The fourth-order valence-corrected chi connectivity index (χ4v) is 4.25. The van der Waals surface area contributed by atoms with Crippen molar-refractivity contribution in [1.82, 2.24) is 0 Å². The summed E-state index contributed by atoms with van der Waals surface area (Å²) in [4.78, 5) is 25.4. The van der Waals surface area contributed by atoms with Gasteiger partial charge in [0.2, 0.25) is 11.8 Å². The number of rotatable bonds is 5. The summed E-state index contributed by atoms with van der Waals surface area (Å²) in [7, 11) is -2.03. The molecule has 3 rings (SSSR count). The van der Waals surface area contributed by atoms with Crippen molar-refractivity contribution in [2.45, 2.75) is 24.7 Å². The molecule has 1 N–H and O–H groups in total. The number of nitrogens with zero attached hydrogens (tertiary/aromatic N) is 1. The fourth-order valence-electron chi connectivity index (χ4n) is 2.96. The van der Waals surface area contributed by atoms with Crippen molar-refractivity contribution in [3.8, 4) is 0 Å². The SMILES string of the molecule is Cc1cc(F)ccc1NC(=O)CCS(=O)(=O)c1ccc2c(c1)CC(=O)N2C. The number of nitrogens with one attached hydrogen (secondary N) is 1. The average Bonchev–Trinajstić information content (AvgIpc) is 2.89. The highest BCUT2D eigenvalue weighted by Gasteiger charge is 2.26. The summed E-state index contributed by atoms with van der Waals surface area (Å²) in [6.45, 7) is 1.65. The molecule has 2 aromatic rings. The Balaban J connectivity index is 1.67. The third-order valence-corrected chi connectivity index (χ3v) is 6.26. The van der Waals surface area contributed by atoms with Gasteiger partial charge in [0.25, 0.3) is 0 Å². The Morgan fingerprint density at radius 3 is 2.67 bits per heavy atom. The molecule has 1 aliphatic heterocycles. The van der Waals surface area contributed by atoms with Gasteiger partial charge >= 0.3 is 0 Å². The van der Waals surface area contributed by atoms with E-state index >= 15 is 0 Å². The zero-order valence-electron chi connectivity index (χ0n) is 15.0. The van der Waals surface area contributed by atoms with Gasteiger partial charge in [-0.2, -0.15) is 0 Å². The minimum absolute atomic E-state index is 0.0893. The molecular weight excluding hydrogens is 371 g/mol. The molecule has 1 heterocycles. The lowest BCUT2D eigenvalue weighted by atomic mass is 10.2. The van der Waals surface area contributed by atoms with Gasteiger partial charge in [-0.25, -0.2) is 12.8 Å². The number of amides is 2. The van der Waals surface area contributed by atoms with Gasteiger partial charge in [0.1, 0.15) is 5.82 Å². The lowest BCUT2D eigenvalue weighted by Gasteiger charge is -2.11. The molecule has 0 fully saturated rings. The molecule has 0 radical (unpaired) electrons. The predicted molar refractivity (Wildman–Crippen MR) is 100.0 cm³/mol. The molecular formula is C19H19FN2O4S. The van der Waals surface area contributed by atoms with Crippen LogP contribution in [0.15, 0.2) is 41.3 Å². The Bertz CT molecular complexity index is 1030. The number of sulfone groups is 1. The highest BCUT2D eigenvalue weighted by Crippen LogP contribution is 2.30. The minimum atomic E-state index is -3.67. The van der Waals surface area contributed by atoms with Crippen LogP contribution in [0.1, 0.15) is 17.5 Å². The Hall–Kier alpha value is -2.74. The molecule has 0 saturated heterocycles. The molecule has 27 heavy (non-hydrogen) atoms. The zero-order chi connectivity index (χ0) is 19.8. The van der Waals surface area contributed by atoms with E-state index in [-0.39, 0.29) is 29.4 Å². The van der Waals surface area contributed by atoms with E-state index in [4.69, 9.17) is 0 Å². The fraction of sp³-hybridized carbons (Fsp3) is 0.263. The van der Waals surface area contributed by atoms with Gasteiger partial charge in [-0.3, -0.25) is 9.59 Å². The van der Waals surface area contributed by atoms with Gasteiger partial charge in [0, 0.05) is 24.8 Å². The van der Waals surface area contributed by atoms with E-state index in [2.05, 4.69) is 5.32 Å². The van der Waals surface area contributed by atoms with Crippen LogP contribution in [-0.2, 0) is 25.8 Å². The number of carbonyl (C=O) groups excluding carboxylic acids is 2. The van der Waals surface area contributed by atoms with Crippen molar-refractivity contribution < 1.29 is 22.4 Å². The number of carbonyl (C=O) groups is 2. The second-order valence-corrected chi connectivity index (χ2v) is 8.61. The second-order valence-electron chi connectivity index (χ2n) is 6.50. The second kappa shape index (κ2) is 7.11. The summed E-state index contributed by atoms with van der Waals surface area (Å²) in [5.41, 5.74) is 2.36. The molecule has 0 atom stereocenters. The van der Waals surface area contributed by atoms with Crippen LogP contribution in [0.3, 0.4) is 0 Å². The number of hydrogen-bond donors (Lipinski definition) is 1. The quantitative estimate of drug-likeness (QED) is 0.850. The molecule has 0 saturated carbocycles. The number of halogens is 1. The summed E-state index contributed by atoms with van der Waals surface area (Å²) >= 11 is 0. The van der Waals surface area contributed by atoms with Gasteiger partial charge in [-0.05, 0) is 54.4 Å². The molecule has 0 spiro atoms.